The van der Waals surface area contributed by atoms with E-state index >= 15 is 0 Å². The summed E-state index contributed by atoms with van der Waals surface area (Å²) in [6, 6.07) is -4.37. The Hall–Kier alpha value is -3.05. The van der Waals surface area contributed by atoms with Crippen LogP contribution in [0.1, 0.15) is 6.42 Å². The highest BCUT2D eigenvalue weighted by Crippen LogP contribution is 2.57. The van der Waals surface area contributed by atoms with E-state index in [0.29, 0.717) is 5.06 Å². The van der Waals surface area contributed by atoms with Crippen LogP contribution in [0.15, 0.2) is 9.98 Å². The van der Waals surface area contributed by atoms with Crippen molar-refractivity contribution in [3.05, 3.63) is 0 Å². The first kappa shape index (κ1) is 25.6. The number of aliphatic imine (C=N–C) groups is 2. The SMILES string of the molecule is NC1=NC23C4C(N=C(N)N2CC2(CC(C(CO)COS(=O)(=O)O)N(O)C(=O)O2)C3(O)O)C(=O)N(O)CN14. The molecule has 0 radical (unpaired) electrons. The maximum atomic E-state index is 12.7. The standard InChI is InChI=1S/C16H24N8O12S/c17-11-19-8-9-15(20-12(18)21(9)5-23(30)10(8)26)16(28,29)14(4-22(11)15)1-7(24(31)13(27)36-14)6(2-25)3-35-37(32,33)34/h6-9,25,28-31H,1-5H2,(H2,17,19)(H2,18,20)(H,32,33,34). The van der Waals surface area contributed by atoms with Gasteiger partial charge in [0.1, 0.15) is 12.7 Å². The predicted molar refractivity (Wildman–Crippen MR) is 112 cm³/mol. The lowest BCUT2D eigenvalue weighted by atomic mass is 9.75. The summed E-state index contributed by atoms with van der Waals surface area (Å²) in [4.78, 5) is 35.9. The number of hydroxylamine groups is 4. The molecular weight excluding hydrogens is 528 g/mol. The molecule has 0 aromatic heterocycles. The topological polar surface area (TPSA) is 298 Å². The molecule has 37 heavy (non-hydrogen) atoms. The average Bonchev–Trinajstić information content (AvgIpc) is 3.19. The van der Waals surface area contributed by atoms with Crippen molar-refractivity contribution >= 4 is 34.3 Å². The van der Waals surface area contributed by atoms with Crippen molar-refractivity contribution < 1.29 is 57.2 Å². The molecule has 0 aliphatic carbocycles. The zero-order valence-electron chi connectivity index (χ0n) is 18.7. The summed E-state index contributed by atoms with van der Waals surface area (Å²) in [5.41, 5.74) is 7.43. The monoisotopic (exact) mass is 552 g/mol. The highest BCUT2D eigenvalue weighted by Gasteiger charge is 2.83. The van der Waals surface area contributed by atoms with Crippen molar-refractivity contribution in [1.82, 2.24) is 19.9 Å². The van der Waals surface area contributed by atoms with Gasteiger partial charge in [0, 0.05) is 12.3 Å². The van der Waals surface area contributed by atoms with Crippen LogP contribution in [-0.2, 0) is 24.1 Å². The molecule has 21 heteroatoms. The summed E-state index contributed by atoms with van der Waals surface area (Å²) in [5.74, 6) is -6.26. The molecule has 206 valence electrons. The van der Waals surface area contributed by atoms with Crippen molar-refractivity contribution in [3.8, 4) is 0 Å². The largest absolute Gasteiger partial charge is 0.434 e. The number of nitrogens with two attached hydrogens (primary N) is 2. The maximum Gasteiger partial charge on any atom is 0.434 e. The van der Waals surface area contributed by atoms with E-state index in [1.165, 1.54) is 4.90 Å². The molecule has 3 fully saturated rings. The van der Waals surface area contributed by atoms with Gasteiger partial charge >= 0.3 is 16.5 Å². The van der Waals surface area contributed by atoms with Crippen LogP contribution in [0.2, 0.25) is 0 Å². The van der Waals surface area contributed by atoms with Crippen LogP contribution in [0, 0.1) is 5.92 Å². The van der Waals surface area contributed by atoms with E-state index < -0.39 is 102 Å². The Bertz CT molecular complexity index is 1210. The van der Waals surface area contributed by atoms with Crippen LogP contribution < -0.4 is 11.5 Å². The Balaban J connectivity index is 1.59. The molecule has 10 N–H and O–H groups in total. The third-order valence-electron chi connectivity index (χ3n) is 7.47. The number of rotatable bonds is 5. The fourth-order valence-corrected chi connectivity index (χ4v) is 6.12. The van der Waals surface area contributed by atoms with Gasteiger partial charge in [-0.2, -0.15) is 13.5 Å². The van der Waals surface area contributed by atoms with Crippen LogP contribution in [0.3, 0.4) is 0 Å². The zero-order chi connectivity index (χ0) is 27.3. The number of hydrogen-bond donors (Lipinski definition) is 8. The molecule has 0 aromatic rings. The summed E-state index contributed by atoms with van der Waals surface area (Å²) in [7, 11) is -4.97. The summed E-state index contributed by atoms with van der Waals surface area (Å²) in [6.07, 6.45) is -2.17. The lowest BCUT2D eigenvalue weighted by Crippen LogP contribution is -2.78. The Morgan fingerprint density at radius 3 is 2.51 bits per heavy atom. The first-order valence-electron chi connectivity index (χ1n) is 10.7. The highest BCUT2D eigenvalue weighted by atomic mass is 32.3. The van der Waals surface area contributed by atoms with Gasteiger partial charge in [0.2, 0.25) is 5.66 Å². The van der Waals surface area contributed by atoms with E-state index in [1.807, 2.05) is 0 Å². The highest BCUT2D eigenvalue weighted by molar-refractivity contribution is 7.80. The van der Waals surface area contributed by atoms with Gasteiger partial charge in [0.05, 0.1) is 25.8 Å². The number of nitrogens with zero attached hydrogens (tertiary/aromatic N) is 6. The van der Waals surface area contributed by atoms with Gasteiger partial charge in [-0.15, -0.1) is 0 Å². The second kappa shape index (κ2) is 7.73. The Morgan fingerprint density at radius 2 is 1.89 bits per heavy atom. The Morgan fingerprint density at radius 1 is 1.22 bits per heavy atom. The van der Waals surface area contributed by atoms with Crippen LogP contribution in [-0.4, -0.2) is 144 Å². The average molecular weight is 552 g/mol. The zero-order valence-corrected chi connectivity index (χ0v) is 19.5. The van der Waals surface area contributed by atoms with Crippen LogP contribution in [0.25, 0.3) is 0 Å². The second-order valence-corrected chi connectivity index (χ2v) is 10.4. The third kappa shape index (κ3) is 3.22. The molecular formula is C16H24N8O12S. The molecule has 0 saturated carbocycles. The van der Waals surface area contributed by atoms with Gasteiger partial charge in [-0.05, 0) is 0 Å². The van der Waals surface area contributed by atoms with Crippen LogP contribution in [0.4, 0.5) is 4.79 Å². The van der Waals surface area contributed by atoms with Crippen molar-refractivity contribution in [2.75, 3.05) is 26.4 Å². The molecule has 6 unspecified atom stereocenters. The normalized spacial score (nSPS) is 37.3. The summed E-state index contributed by atoms with van der Waals surface area (Å²) >= 11 is 0. The molecule has 6 atom stereocenters. The van der Waals surface area contributed by atoms with E-state index in [0.717, 1.165) is 4.90 Å². The van der Waals surface area contributed by atoms with E-state index in [9.17, 15) is 43.7 Å². The Kier molecular flexibility index (Phi) is 5.35. The lowest BCUT2D eigenvalue weighted by molar-refractivity contribution is -0.317. The van der Waals surface area contributed by atoms with Gasteiger partial charge in [-0.1, -0.05) is 0 Å². The minimum atomic E-state index is -4.97. The fourth-order valence-electron chi connectivity index (χ4n) is 5.78. The number of guanidine groups is 2. The smallest absolute Gasteiger partial charge is 0.433 e. The number of aliphatic hydroxyl groups is 3. The lowest BCUT2D eigenvalue weighted by Gasteiger charge is -2.53. The van der Waals surface area contributed by atoms with E-state index in [-0.39, 0.29) is 11.0 Å². The number of ether oxygens (including phenoxy) is 1. The first-order valence-corrected chi connectivity index (χ1v) is 12.1. The number of amides is 2. The van der Waals surface area contributed by atoms with Crippen molar-refractivity contribution in [3.63, 3.8) is 0 Å². The second-order valence-electron chi connectivity index (χ2n) is 9.31. The summed E-state index contributed by atoms with van der Waals surface area (Å²) in [5, 5.41) is 53.9. The minimum absolute atomic E-state index is 0.0111. The minimum Gasteiger partial charge on any atom is -0.433 e. The van der Waals surface area contributed by atoms with Crippen molar-refractivity contribution in [1.29, 1.82) is 0 Å². The molecule has 5 aliphatic rings. The number of carbonyl (C=O) groups excluding carboxylic acids is 2. The fraction of sp³-hybridized carbons (Fsp3) is 0.750. The summed E-state index contributed by atoms with van der Waals surface area (Å²) in [6.45, 7) is -2.90. The molecule has 20 nitrogen and oxygen atoms in total. The van der Waals surface area contributed by atoms with Gasteiger partial charge < -0.3 is 41.3 Å². The number of carbonyl (C=O) groups is 2. The molecule has 5 aliphatic heterocycles. The molecule has 2 amide bonds. The number of aliphatic hydroxyl groups excluding tert-OH is 1. The quantitative estimate of drug-likeness (QED) is 0.0895. The van der Waals surface area contributed by atoms with Crippen LogP contribution in [0.5, 0.6) is 0 Å². The predicted octanol–water partition coefficient (Wildman–Crippen LogP) is -5.67. The van der Waals surface area contributed by atoms with Crippen molar-refractivity contribution in [2.45, 2.75) is 41.6 Å². The molecule has 5 rings (SSSR count). The van der Waals surface area contributed by atoms with Crippen LogP contribution >= 0.6 is 0 Å². The third-order valence-corrected chi connectivity index (χ3v) is 7.91. The van der Waals surface area contributed by atoms with E-state index in [4.69, 9.17) is 20.8 Å². The molecule has 3 saturated heterocycles. The van der Waals surface area contributed by atoms with E-state index in [1.54, 1.807) is 0 Å². The maximum absolute atomic E-state index is 12.7. The van der Waals surface area contributed by atoms with Gasteiger partial charge in [0.25, 0.3) is 11.7 Å². The summed E-state index contributed by atoms with van der Waals surface area (Å²) < 4.78 is 40.5. The first-order chi connectivity index (χ1) is 17.1. The molecule has 5 heterocycles. The van der Waals surface area contributed by atoms with Gasteiger partial charge in [-0.25, -0.2) is 24.0 Å². The Labute approximate surface area is 207 Å². The van der Waals surface area contributed by atoms with Gasteiger partial charge in [-0.3, -0.25) is 19.8 Å². The molecule has 0 bridgehead atoms. The van der Waals surface area contributed by atoms with Gasteiger partial charge in [0.15, 0.2) is 23.6 Å². The van der Waals surface area contributed by atoms with E-state index in [2.05, 4.69) is 14.2 Å². The molecule has 0 aromatic carbocycles. The molecule has 2 spiro atoms. The number of hydrogen-bond acceptors (Lipinski definition) is 17. The van der Waals surface area contributed by atoms with Crippen molar-refractivity contribution in [2.24, 2.45) is 27.4 Å².